The zero-order valence-electron chi connectivity index (χ0n) is 9.32. The molecular formula is C13H13BrN2S. The summed E-state index contributed by atoms with van der Waals surface area (Å²) in [6, 6.07) is 9.13. The van der Waals surface area contributed by atoms with E-state index in [0.717, 1.165) is 9.73 Å². The van der Waals surface area contributed by atoms with Gasteiger partial charge in [-0.2, -0.15) is 0 Å². The van der Waals surface area contributed by atoms with Crippen LogP contribution in [0.25, 0.3) is 0 Å². The number of rotatable bonds is 2. The molecule has 0 radical (unpaired) electrons. The van der Waals surface area contributed by atoms with Gasteiger partial charge in [0.1, 0.15) is 4.60 Å². The lowest BCUT2D eigenvalue weighted by molar-refractivity contribution is 0.600. The van der Waals surface area contributed by atoms with Crippen molar-refractivity contribution < 1.29 is 0 Å². The summed E-state index contributed by atoms with van der Waals surface area (Å²) < 4.78 is 0.911. The Morgan fingerprint density at radius 1 is 1.35 bits per heavy atom. The fourth-order valence-corrected chi connectivity index (χ4v) is 3.57. The molecule has 1 aromatic carbocycles. The second kappa shape index (κ2) is 4.78. The largest absolute Gasteiger partial charge is 0.355 e. The molecule has 3 rings (SSSR count). The van der Waals surface area contributed by atoms with Crippen LogP contribution in [0.3, 0.4) is 0 Å². The molecule has 0 amide bonds. The Kier molecular flexibility index (Phi) is 3.16. The van der Waals surface area contributed by atoms with Crippen LogP contribution in [0.2, 0.25) is 0 Å². The summed E-state index contributed by atoms with van der Waals surface area (Å²) in [5.74, 6) is 0. The van der Waals surface area contributed by atoms with E-state index in [1.165, 1.54) is 30.4 Å². The summed E-state index contributed by atoms with van der Waals surface area (Å²) >= 11 is 5.04. The molecule has 2 aromatic rings. The van der Waals surface area contributed by atoms with Gasteiger partial charge in [0.25, 0.3) is 0 Å². The lowest BCUT2D eigenvalue weighted by Gasteiger charge is -2.26. The van der Waals surface area contributed by atoms with Crippen LogP contribution in [0.15, 0.2) is 34.2 Å². The lowest BCUT2D eigenvalue weighted by atomic mass is 9.88. The highest BCUT2D eigenvalue weighted by Gasteiger charge is 2.20. The number of benzene rings is 1. The van der Waals surface area contributed by atoms with Crippen molar-refractivity contribution in [3.05, 3.63) is 45.4 Å². The number of thiazole rings is 1. The molecule has 0 saturated heterocycles. The molecule has 4 heteroatoms. The van der Waals surface area contributed by atoms with E-state index in [9.17, 15) is 0 Å². The summed E-state index contributed by atoms with van der Waals surface area (Å²) in [6.45, 7) is 0. The number of nitrogens with zero attached hydrogens (tertiary/aromatic N) is 1. The van der Waals surface area contributed by atoms with Gasteiger partial charge in [-0.1, -0.05) is 24.3 Å². The van der Waals surface area contributed by atoms with E-state index in [0.29, 0.717) is 6.04 Å². The summed E-state index contributed by atoms with van der Waals surface area (Å²) in [7, 11) is 0. The van der Waals surface area contributed by atoms with Gasteiger partial charge in [-0.3, -0.25) is 0 Å². The second-order valence-corrected chi connectivity index (χ2v) is 5.93. The maximum absolute atomic E-state index is 4.40. The minimum atomic E-state index is 0.415. The summed E-state index contributed by atoms with van der Waals surface area (Å²) in [5, 5.41) is 6.54. The quantitative estimate of drug-likeness (QED) is 0.889. The molecule has 2 nitrogen and oxygen atoms in total. The molecular weight excluding hydrogens is 296 g/mol. The first-order valence-corrected chi connectivity index (χ1v) is 7.45. The van der Waals surface area contributed by atoms with E-state index in [1.807, 2.05) is 5.38 Å². The van der Waals surface area contributed by atoms with Gasteiger partial charge in [-0.15, -0.1) is 11.3 Å². The van der Waals surface area contributed by atoms with Crippen molar-refractivity contribution in [3.8, 4) is 0 Å². The third-order valence-corrected chi connectivity index (χ3v) is 4.63. The van der Waals surface area contributed by atoms with Crippen molar-refractivity contribution in [2.24, 2.45) is 0 Å². The Balaban J connectivity index is 1.85. The van der Waals surface area contributed by atoms with Crippen LogP contribution in [0.5, 0.6) is 0 Å². The Hall–Kier alpha value is -0.870. The highest BCUT2D eigenvalue weighted by molar-refractivity contribution is 9.10. The van der Waals surface area contributed by atoms with Crippen molar-refractivity contribution in [1.29, 1.82) is 0 Å². The van der Waals surface area contributed by atoms with Gasteiger partial charge >= 0.3 is 0 Å². The van der Waals surface area contributed by atoms with E-state index in [-0.39, 0.29) is 0 Å². The smallest absolute Gasteiger partial charge is 0.184 e. The summed E-state index contributed by atoms with van der Waals surface area (Å²) in [6.07, 6.45) is 3.64. The molecule has 1 heterocycles. The van der Waals surface area contributed by atoms with Gasteiger partial charge in [-0.25, -0.2) is 4.98 Å². The standard InChI is InChI=1S/C13H13BrN2S/c14-12-8-17-13(16-12)15-11-7-3-5-9-4-1-2-6-10(9)11/h1-2,4,6,8,11H,3,5,7H2,(H,15,16). The molecule has 1 aromatic heterocycles. The number of fused-ring (bicyclic) bond motifs is 1. The predicted molar refractivity (Wildman–Crippen MR) is 75.6 cm³/mol. The first kappa shape index (κ1) is 11.2. The summed E-state index contributed by atoms with van der Waals surface area (Å²) in [4.78, 5) is 4.40. The maximum atomic E-state index is 4.40. The average Bonchev–Trinajstić information content (AvgIpc) is 2.75. The summed E-state index contributed by atoms with van der Waals surface area (Å²) in [5.41, 5.74) is 2.91. The fourth-order valence-electron chi connectivity index (χ4n) is 2.37. The van der Waals surface area contributed by atoms with Crippen LogP contribution < -0.4 is 5.32 Å². The topological polar surface area (TPSA) is 24.9 Å². The van der Waals surface area contributed by atoms with Crippen molar-refractivity contribution in [2.75, 3.05) is 5.32 Å². The molecule has 88 valence electrons. The highest BCUT2D eigenvalue weighted by atomic mass is 79.9. The third kappa shape index (κ3) is 2.38. The van der Waals surface area contributed by atoms with Gasteiger partial charge in [0.15, 0.2) is 5.13 Å². The molecule has 1 atom stereocenters. The minimum Gasteiger partial charge on any atom is -0.355 e. The van der Waals surface area contributed by atoms with Crippen LogP contribution in [0.4, 0.5) is 5.13 Å². The van der Waals surface area contributed by atoms with Crippen molar-refractivity contribution in [1.82, 2.24) is 4.98 Å². The van der Waals surface area contributed by atoms with Crippen LogP contribution in [-0.2, 0) is 6.42 Å². The Labute approximate surface area is 113 Å². The molecule has 1 N–H and O–H groups in total. The second-order valence-electron chi connectivity index (χ2n) is 4.26. The van der Waals surface area contributed by atoms with Gasteiger partial charge in [0.05, 0.1) is 6.04 Å². The number of halogens is 1. The third-order valence-electron chi connectivity index (χ3n) is 3.14. The fraction of sp³-hybridized carbons (Fsp3) is 0.308. The normalized spacial score (nSPS) is 18.8. The lowest BCUT2D eigenvalue weighted by Crippen LogP contribution is -2.17. The Bertz CT molecular complexity index is 524. The number of aryl methyl sites for hydroxylation is 1. The molecule has 17 heavy (non-hydrogen) atoms. The van der Waals surface area contributed by atoms with Crippen molar-refractivity contribution in [2.45, 2.75) is 25.3 Å². The van der Waals surface area contributed by atoms with Crippen LogP contribution in [-0.4, -0.2) is 4.98 Å². The van der Waals surface area contributed by atoms with Crippen molar-refractivity contribution in [3.63, 3.8) is 0 Å². The minimum absolute atomic E-state index is 0.415. The Morgan fingerprint density at radius 3 is 3.06 bits per heavy atom. The number of hydrogen-bond donors (Lipinski definition) is 1. The number of nitrogens with one attached hydrogen (secondary N) is 1. The molecule has 1 aliphatic carbocycles. The highest BCUT2D eigenvalue weighted by Crippen LogP contribution is 2.33. The van der Waals surface area contributed by atoms with Gasteiger partial charge < -0.3 is 5.32 Å². The molecule has 0 bridgehead atoms. The molecule has 0 fully saturated rings. The molecule has 0 aliphatic heterocycles. The molecule has 0 spiro atoms. The average molecular weight is 309 g/mol. The first-order chi connectivity index (χ1) is 8.33. The van der Waals surface area contributed by atoms with Crippen LogP contribution in [0, 0.1) is 0 Å². The SMILES string of the molecule is Brc1csc(NC2CCCc3ccccc32)n1. The maximum Gasteiger partial charge on any atom is 0.184 e. The van der Waals surface area contributed by atoms with Crippen molar-refractivity contribution >= 4 is 32.4 Å². The first-order valence-electron chi connectivity index (χ1n) is 5.78. The van der Waals surface area contributed by atoms with Gasteiger partial charge in [-0.05, 0) is 46.3 Å². The van der Waals surface area contributed by atoms with E-state index >= 15 is 0 Å². The molecule has 1 aliphatic rings. The zero-order chi connectivity index (χ0) is 11.7. The molecule has 1 unspecified atom stereocenters. The number of aromatic nitrogens is 1. The predicted octanol–water partition coefficient (Wildman–Crippen LogP) is 4.40. The monoisotopic (exact) mass is 308 g/mol. The van der Waals surface area contributed by atoms with Gasteiger partial charge in [0, 0.05) is 5.38 Å². The van der Waals surface area contributed by atoms with E-state index in [4.69, 9.17) is 0 Å². The van der Waals surface area contributed by atoms with Crippen LogP contribution >= 0.6 is 27.3 Å². The zero-order valence-corrected chi connectivity index (χ0v) is 11.7. The molecule has 0 saturated carbocycles. The van der Waals surface area contributed by atoms with E-state index < -0.39 is 0 Å². The van der Waals surface area contributed by atoms with E-state index in [1.54, 1.807) is 11.3 Å². The van der Waals surface area contributed by atoms with E-state index in [2.05, 4.69) is 50.5 Å². The Morgan fingerprint density at radius 2 is 2.24 bits per heavy atom. The number of anilines is 1. The van der Waals surface area contributed by atoms with Gasteiger partial charge in [0.2, 0.25) is 0 Å². The van der Waals surface area contributed by atoms with Crippen LogP contribution in [0.1, 0.15) is 30.0 Å². The number of hydrogen-bond acceptors (Lipinski definition) is 3.